The van der Waals surface area contributed by atoms with Gasteiger partial charge in [-0.2, -0.15) is 0 Å². The maximum absolute atomic E-state index is 12.1. The van der Waals surface area contributed by atoms with Crippen LogP contribution in [0.1, 0.15) is 56.1 Å². The molecule has 1 aromatic heterocycles. The van der Waals surface area contributed by atoms with Gasteiger partial charge in [0, 0.05) is 44.1 Å². The fraction of sp³-hybridized carbons (Fsp3) is 0.684. The smallest absolute Gasteiger partial charge is 0.315 e. The van der Waals surface area contributed by atoms with Crippen molar-refractivity contribution in [1.29, 1.82) is 0 Å². The molecule has 2 N–H and O–H groups in total. The van der Waals surface area contributed by atoms with Crippen LogP contribution in [0.5, 0.6) is 0 Å². The molecule has 0 atom stereocenters. The molecule has 1 aromatic rings. The Hall–Kier alpha value is -1.62. The zero-order valence-electron chi connectivity index (χ0n) is 14.8. The number of amides is 2. The lowest BCUT2D eigenvalue weighted by Crippen LogP contribution is -2.50. The molecule has 2 aliphatic rings. The standard InChI is InChI=1S/C19H30N4O/c1-15-11-16(13-20-12-15)14-23-9-7-18(8-10-23)22-19(24)21-17-5-3-2-4-6-17/h11-13,17-18H,2-10,14H2,1H3,(H2,21,22,24). The summed E-state index contributed by atoms with van der Waals surface area (Å²) < 4.78 is 0. The van der Waals surface area contributed by atoms with Crippen molar-refractivity contribution in [2.75, 3.05) is 13.1 Å². The van der Waals surface area contributed by atoms with Crippen molar-refractivity contribution in [2.45, 2.75) is 70.5 Å². The average molecular weight is 330 g/mol. The van der Waals surface area contributed by atoms with Crippen molar-refractivity contribution >= 4 is 6.03 Å². The number of carbonyl (C=O) groups excluding carboxylic acids is 1. The molecule has 3 rings (SSSR count). The molecule has 132 valence electrons. The first-order chi connectivity index (χ1) is 11.7. The van der Waals surface area contributed by atoms with Gasteiger partial charge in [0.25, 0.3) is 0 Å². The van der Waals surface area contributed by atoms with E-state index in [1.807, 2.05) is 12.4 Å². The number of piperidine rings is 1. The van der Waals surface area contributed by atoms with E-state index in [2.05, 4.69) is 33.5 Å². The monoisotopic (exact) mass is 330 g/mol. The van der Waals surface area contributed by atoms with Crippen LogP contribution >= 0.6 is 0 Å². The maximum atomic E-state index is 12.1. The first-order valence-corrected chi connectivity index (χ1v) is 9.39. The van der Waals surface area contributed by atoms with Crippen molar-refractivity contribution in [2.24, 2.45) is 0 Å². The summed E-state index contributed by atoms with van der Waals surface area (Å²) in [5.41, 5.74) is 2.49. The number of aromatic nitrogens is 1. The van der Waals surface area contributed by atoms with Crippen LogP contribution in [0.4, 0.5) is 4.79 Å². The Kier molecular flexibility index (Phi) is 6.07. The number of nitrogens with one attached hydrogen (secondary N) is 2. The summed E-state index contributed by atoms with van der Waals surface area (Å²) >= 11 is 0. The molecule has 2 fully saturated rings. The molecule has 0 spiro atoms. The number of likely N-dealkylation sites (tertiary alicyclic amines) is 1. The van der Waals surface area contributed by atoms with E-state index in [9.17, 15) is 4.79 Å². The van der Waals surface area contributed by atoms with Gasteiger partial charge in [-0.15, -0.1) is 0 Å². The molecule has 1 aliphatic carbocycles. The molecule has 0 radical (unpaired) electrons. The summed E-state index contributed by atoms with van der Waals surface area (Å²) in [6.45, 7) is 5.10. The van der Waals surface area contributed by atoms with Gasteiger partial charge >= 0.3 is 6.03 Å². The second-order valence-electron chi connectivity index (χ2n) is 7.37. The number of hydrogen-bond acceptors (Lipinski definition) is 3. The molecule has 24 heavy (non-hydrogen) atoms. The summed E-state index contributed by atoms with van der Waals surface area (Å²) in [6, 6.07) is 2.92. The molecule has 1 saturated heterocycles. The van der Waals surface area contributed by atoms with Crippen molar-refractivity contribution in [1.82, 2.24) is 20.5 Å². The minimum absolute atomic E-state index is 0.0308. The molecule has 5 nitrogen and oxygen atoms in total. The zero-order valence-corrected chi connectivity index (χ0v) is 14.8. The number of aryl methyl sites for hydroxylation is 1. The van der Waals surface area contributed by atoms with Crippen molar-refractivity contribution in [3.63, 3.8) is 0 Å². The molecule has 2 amide bonds. The highest BCUT2D eigenvalue weighted by Crippen LogP contribution is 2.18. The highest BCUT2D eigenvalue weighted by molar-refractivity contribution is 5.74. The molecule has 0 unspecified atom stereocenters. The van der Waals surface area contributed by atoms with Gasteiger partial charge in [0.15, 0.2) is 0 Å². The fourth-order valence-electron chi connectivity index (χ4n) is 3.86. The topological polar surface area (TPSA) is 57.3 Å². The highest BCUT2D eigenvalue weighted by atomic mass is 16.2. The predicted octanol–water partition coefficient (Wildman–Crippen LogP) is 2.99. The summed E-state index contributed by atoms with van der Waals surface area (Å²) in [6.07, 6.45) is 12.0. The molecule has 1 saturated carbocycles. The Labute approximate surface area is 145 Å². The third-order valence-corrected chi connectivity index (χ3v) is 5.20. The van der Waals surface area contributed by atoms with E-state index in [-0.39, 0.29) is 6.03 Å². The van der Waals surface area contributed by atoms with E-state index in [1.165, 1.54) is 30.4 Å². The van der Waals surface area contributed by atoms with Gasteiger partial charge in [-0.25, -0.2) is 4.79 Å². The minimum Gasteiger partial charge on any atom is -0.335 e. The average Bonchev–Trinajstić information content (AvgIpc) is 2.57. The first kappa shape index (κ1) is 17.2. The lowest BCUT2D eigenvalue weighted by molar-refractivity contribution is 0.184. The van der Waals surface area contributed by atoms with Crippen LogP contribution in [0.15, 0.2) is 18.5 Å². The molecule has 2 heterocycles. The molecular formula is C19H30N4O. The number of rotatable bonds is 4. The maximum Gasteiger partial charge on any atom is 0.315 e. The predicted molar refractivity (Wildman–Crippen MR) is 95.8 cm³/mol. The van der Waals surface area contributed by atoms with E-state index in [0.29, 0.717) is 12.1 Å². The van der Waals surface area contributed by atoms with Crippen LogP contribution in [0, 0.1) is 6.92 Å². The van der Waals surface area contributed by atoms with Crippen molar-refractivity contribution in [3.05, 3.63) is 29.6 Å². The summed E-state index contributed by atoms with van der Waals surface area (Å²) in [4.78, 5) is 18.9. The summed E-state index contributed by atoms with van der Waals surface area (Å²) in [5.74, 6) is 0. The fourth-order valence-corrected chi connectivity index (χ4v) is 3.86. The number of hydrogen-bond donors (Lipinski definition) is 2. The molecule has 0 bridgehead atoms. The van der Waals surface area contributed by atoms with Crippen LogP contribution in [0.25, 0.3) is 0 Å². The minimum atomic E-state index is 0.0308. The van der Waals surface area contributed by atoms with Gasteiger partial charge in [-0.3, -0.25) is 9.88 Å². The van der Waals surface area contributed by atoms with E-state index in [0.717, 1.165) is 45.3 Å². The van der Waals surface area contributed by atoms with Gasteiger partial charge in [0.2, 0.25) is 0 Å². The van der Waals surface area contributed by atoms with Crippen LogP contribution in [0.3, 0.4) is 0 Å². The summed E-state index contributed by atoms with van der Waals surface area (Å²) in [7, 11) is 0. The molecule has 0 aromatic carbocycles. The molecule has 1 aliphatic heterocycles. The number of urea groups is 1. The first-order valence-electron chi connectivity index (χ1n) is 9.39. The van der Waals surface area contributed by atoms with E-state index in [1.54, 1.807) is 0 Å². The Bertz CT molecular complexity index is 534. The van der Waals surface area contributed by atoms with Crippen molar-refractivity contribution in [3.8, 4) is 0 Å². The lowest BCUT2D eigenvalue weighted by atomic mass is 9.96. The van der Waals surface area contributed by atoms with Crippen molar-refractivity contribution < 1.29 is 4.79 Å². The zero-order chi connectivity index (χ0) is 16.8. The van der Waals surface area contributed by atoms with Gasteiger partial charge in [0.1, 0.15) is 0 Å². The Morgan fingerprint density at radius 1 is 1.08 bits per heavy atom. The Balaban J connectivity index is 1.37. The van der Waals surface area contributed by atoms with Crippen LogP contribution in [-0.4, -0.2) is 41.1 Å². The van der Waals surface area contributed by atoms with E-state index < -0.39 is 0 Å². The Morgan fingerprint density at radius 2 is 1.75 bits per heavy atom. The third kappa shape index (κ3) is 5.20. The normalized spacial score (nSPS) is 20.7. The third-order valence-electron chi connectivity index (χ3n) is 5.20. The van der Waals surface area contributed by atoms with Crippen LogP contribution in [-0.2, 0) is 6.54 Å². The molecule has 5 heteroatoms. The van der Waals surface area contributed by atoms with Gasteiger partial charge < -0.3 is 10.6 Å². The highest BCUT2D eigenvalue weighted by Gasteiger charge is 2.22. The lowest BCUT2D eigenvalue weighted by Gasteiger charge is -2.33. The van der Waals surface area contributed by atoms with Gasteiger partial charge in [0.05, 0.1) is 0 Å². The van der Waals surface area contributed by atoms with E-state index in [4.69, 9.17) is 0 Å². The number of nitrogens with zero attached hydrogens (tertiary/aromatic N) is 2. The second-order valence-corrected chi connectivity index (χ2v) is 7.37. The largest absolute Gasteiger partial charge is 0.335 e. The van der Waals surface area contributed by atoms with Gasteiger partial charge in [-0.05, 0) is 43.7 Å². The van der Waals surface area contributed by atoms with Crippen LogP contribution < -0.4 is 10.6 Å². The second kappa shape index (κ2) is 8.47. The van der Waals surface area contributed by atoms with Crippen LogP contribution in [0.2, 0.25) is 0 Å². The number of carbonyl (C=O) groups is 1. The molecular weight excluding hydrogens is 300 g/mol. The van der Waals surface area contributed by atoms with Gasteiger partial charge in [-0.1, -0.05) is 25.3 Å². The Morgan fingerprint density at radius 3 is 2.42 bits per heavy atom. The SMILES string of the molecule is Cc1cncc(CN2CCC(NC(=O)NC3CCCCC3)CC2)c1. The quantitative estimate of drug-likeness (QED) is 0.892. The van der Waals surface area contributed by atoms with E-state index >= 15 is 0 Å². The number of pyridine rings is 1. The summed E-state index contributed by atoms with van der Waals surface area (Å²) in [5, 5.41) is 6.32.